The molecule has 0 saturated heterocycles. The SMILES string of the molecule is C=C(Cl)Cn1c(C)c(C)c(C=O)c1C(=O)OC. The summed E-state index contributed by atoms with van der Waals surface area (Å²) >= 11 is 5.75. The second kappa shape index (κ2) is 5.19. The Morgan fingerprint density at radius 1 is 1.53 bits per heavy atom. The van der Waals surface area contributed by atoms with Crippen LogP contribution in [0, 0.1) is 13.8 Å². The van der Waals surface area contributed by atoms with Gasteiger partial charge in [-0.1, -0.05) is 18.2 Å². The Morgan fingerprint density at radius 3 is 2.53 bits per heavy atom. The molecule has 4 nitrogen and oxygen atoms in total. The average Bonchev–Trinajstić information content (AvgIpc) is 2.51. The molecule has 0 bridgehead atoms. The first-order chi connectivity index (χ1) is 7.93. The monoisotopic (exact) mass is 255 g/mol. The first-order valence-electron chi connectivity index (χ1n) is 5.00. The molecule has 0 aliphatic carbocycles. The van der Waals surface area contributed by atoms with Crippen molar-refractivity contribution in [3.63, 3.8) is 0 Å². The topological polar surface area (TPSA) is 48.3 Å². The highest BCUT2D eigenvalue weighted by atomic mass is 35.5. The van der Waals surface area contributed by atoms with Crippen LogP contribution >= 0.6 is 11.6 Å². The van der Waals surface area contributed by atoms with Gasteiger partial charge in [0.15, 0.2) is 6.29 Å². The van der Waals surface area contributed by atoms with E-state index < -0.39 is 5.97 Å². The fraction of sp³-hybridized carbons (Fsp3) is 0.333. The van der Waals surface area contributed by atoms with Gasteiger partial charge < -0.3 is 9.30 Å². The van der Waals surface area contributed by atoms with E-state index in [2.05, 4.69) is 11.3 Å². The maximum atomic E-state index is 11.7. The number of aldehydes is 1. The summed E-state index contributed by atoms with van der Waals surface area (Å²) in [7, 11) is 1.27. The molecule has 0 saturated carbocycles. The van der Waals surface area contributed by atoms with Crippen molar-refractivity contribution in [2.75, 3.05) is 7.11 Å². The van der Waals surface area contributed by atoms with Crippen LogP contribution in [0.25, 0.3) is 0 Å². The number of carbonyl (C=O) groups is 2. The number of carbonyl (C=O) groups excluding carboxylic acids is 2. The Bertz CT molecular complexity index is 488. The molecule has 0 amide bonds. The summed E-state index contributed by atoms with van der Waals surface area (Å²) in [6.07, 6.45) is 0.655. The van der Waals surface area contributed by atoms with Crippen LogP contribution in [0.5, 0.6) is 0 Å². The smallest absolute Gasteiger partial charge is 0.355 e. The number of ether oxygens (including phenoxy) is 1. The summed E-state index contributed by atoms with van der Waals surface area (Å²) < 4.78 is 6.32. The zero-order valence-electron chi connectivity index (χ0n) is 10.0. The van der Waals surface area contributed by atoms with Gasteiger partial charge in [-0.3, -0.25) is 4.79 Å². The second-order valence-electron chi connectivity index (χ2n) is 3.69. The van der Waals surface area contributed by atoms with Crippen molar-refractivity contribution < 1.29 is 14.3 Å². The lowest BCUT2D eigenvalue weighted by Gasteiger charge is -2.09. The number of esters is 1. The zero-order valence-corrected chi connectivity index (χ0v) is 10.8. The van der Waals surface area contributed by atoms with E-state index in [1.807, 2.05) is 6.92 Å². The summed E-state index contributed by atoms with van der Waals surface area (Å²) in [5.74, 6) is -0.554. The molecular weight excluding hydrogens is 242 g/mol. The van der Waals surface area contributed by atoms with E-state index in [-0.39, 0.29) is 12.2 Å². The van der Waals surface area contributed by atoms with Crippen molar-refractivity contribution in [2.45, 2.75) is 20.4 Å². The third-order valence-corrected chi connectivity index (χ3v) is 2.82. The van der Waals surface area contributed by atoms with Crippen molar-refractivity contribution in [1.29, 1.82) is 0 Å². The van der Waals surface area contributed by atoms with Crippen LogP contribution in [0.2, 0.25) is 0 Å². The normalized spacial score (nSPS) is 10.1. The van der Waals surface area contributed by atoms with Gasteiger partial charge in [0.2, 0.25) is 0 Å². The number of hydrogen-bond acceptors (Lipinski definition) is 3. The summed E-state index contributed by atoms with van der Waals surface area (Å²) in [5.41, 5.74) is 2.11. The maximum absolute atomic E-state index is 11.7. The molecule has 0 aromatic carbocycles. The maximum Gasteiger partial charge on any atom is 0.355 e. The lowest BCUT2D eigenvalue weighted by atomic mass is 10.1. The van der Waals surface area contributed by atoms with Gasteiger partial charge in [-0.2, -0.15) is 0 Å². The summed E-state index contributed by atoms with van der Waals surface area (Å²) in [6.45, 7) is 7.45. The zero-order chi connectivity index (χ0) is 13.2. The molecule has 0 radical (unpaired) electrons. The Kier molecular flexibility index (Phi) is 4.12. The molecule has 0 spiro atoms. The van der Waals surface area contributed by atoms with Gasteiger partial charge in [0.1, 0.15) is 5.69 Å². The summed E-state index contributed by atoms with van der Waals surface area (Å²) in [6, 6.07) is 0. The van der Waals surface area contributed by atoms with Gasteiger partial charge in [0.05, 0.1) is 19.2 Å². The number of rotatable bonds is 4. The van der Waals surface area contributed by atoms with Crippen LogP contribution in [-0.4, -0.2) is 23.9 Å². The number of halogens is 1. The van der Waals surface area contributed by atoms with Gasteiger partial charge >= 0.3 is 5.97 Å². The molecule has 92 valence electrons. The van der Waals surface area contributed by atoms with E-state index in [1.54, 1.807) is 11.5 Å². The highest BCUT2D eigenvalue weighted by Crippen LogP contribution is 2.23. The minimum atomic E-state index is -0.554. The molecule has 17 heavy (non-hydrogen) atoms. The van der Waals surface area contributed by atoms with Gasteiger partial charge in [-0.25, -0.2) is 4.79 Å². The molecule has 5 heteroatoms. The molecule has 0 fully saturated rings. The van der Waals surface area contributed by atoms with E-state index in [0.29, 0.717) is 16.9 Å². The van der Waals surface area contributed by atoms with Crippen LogP contribution in [0.4, 0.5) is 0 Å². The summed E-state index contributed by atoms with van der Waals surface area (Å²) in [4.78, 5) is 22.7. The Balaban J connectivity index is 3.50. The third-order valence-electron chi connectivity index (χ3n) is 2.70. The van der Waals surface area contributed by atoms with Gasteiger partial charge in [0, 0.05) is 10.7 Å². The first kappa shape index (κ1) is 13.5. The Morgan fingerprint density at radius 2 is 2.12 bits per heavy atom. The number of methoxy groups -OCH3 is 1. The highest BCUT2D eigenvalue weighted by Gasteiger charge is 2.23. The van der Waals surface area contributed by atoms with Crippen molar-refractivity contribution in [3.8, 4) is 0 Å². The van der Waals surface area contributed by atoms with E-state index in [9.17, 15) is 9.59 Å². The minimum Gasteiger partial charge on any atom is -0.464 e. The van der Waals surface area contributed by atoms with Crippen LogP contribution in [0.3, 0.4) is 0 Å². The van der Waals surface area contributed by atoms with Gasteiger partial charge in [-0.05, 0) is 19.4 Å². The van der Waals surface area contributed by atoms with Crippen molar-refractivity contribution in [3.05, 3.63) is 34.1 Å². The van der Waals surface area contributed by atoms with Crippen LogP contribution < -0.4 is 0 Å². The van der Waals surface area contributed by atoms with Crippen LogP contribution in [-0.2, 0) is 11.3 Å². The van der Waals surface area contributed by atoms with E-state index in [0.717, 1.165) is 11.3 Å². The van der Waals surface area contributed by atoms with E-state index in [1.165, 1.54) is 7.11 Å². The predicted octanol–water partition coefficient (Wildman–Crippen LogP) is 2.46. The summed E-state index contributed by atoms with van der Waals surface area (Å²) in [5, 5.41) is 0.380. The number of nitrogens with zero attached hydrogens (tertiary/aromatic N) is 1. The van der Waals surface area contributed by atoms with Crippen molar-refractivity contribution in [2.24, 2.45) is 0 Å². The fourth-order valence-electron chi connectivity index (χ4n) is 1.72. The lowest BCUT2D eigenvalue weighted by Crippen LogP contribution is -2.13. The molecule has 1 aromatic rings. The quantitative estimate of drug-likeness (QED) is 0.613. The highest BCUT2D eigenvalue weighted by molar-refractivity contribution is 6.29. The molecule has 0 atom stereocenters. The fourth-order valence-corrected chi connectivity index (χ4v) is 1.84. The molecule has 1 aromatic heterocycles. The number of allylic oxidation sites excluding steroid dienone is 1. The van der Waals surface area contributed by atoms with Crippen molar-refractivity contribution >= 4 is 23.9 Å². The third kappa shape index (κ3) is 2.42. The van der Waals surface area contributed by atoms with Crippen LogP contribution in [0.15, 0.2) is 11.6 Å². The number of aromatic nitrogens is 1. The van der Waals surface area contributed by atoms with Crippen LogP contribution in [0.1, 0.15) is 32.1 Å². The largest absolute Gasteiger partial charge is 0.464 e. The molecule has 0 aliphatic heterocycles. The molecule has 1 heterocycles. The minimum absolute atomic E-state index is 0.222. The lowest BCUT2D eigenvalue weighted by molar-refractivity contribution is 0.0586. The van der Waals surface area contributed by atoms with Gasteiger partial charge in [-0.15, -0.1) is 0 Å². The Labute approximate surface area is 105 Å². The Hall–Kier alpha value is -1.55. The number of hydrogen-bond donors (Lipinski definition) is 0. The molecule has 0 N–H and O–H groups in total. The average molecular weight is 256 g/mol. The van der Waals surface area contributed by atoms with Gasteiger partial charge in [0.25, 0.3) is 0 Å². The second-order valence-corrected chi connectivity index (χ2v) is 4.22. The standard InChI is InChI=1S/C12H14ClNO3/c1-7(13)5-14-9(3)8(2)10(6-15)11(14)12(16)17-4/h6H,1,5H2,2-4H3. The predicted molar refractivity (Wildman–Crippen MR) is 65.6 cm³/mol. The van der Waals surface area contributed by atoms with E-state index in [4.69, 9.17) is 11.6 Å². The van der Waals surface area contributed by atoms with E-state index >= 15 is 0 Å². The molecule has 0 aliphatic rings. The first-order valence-corrected chi connectivity index (χ1v) is 5.38. The molecule has 1 rings (SSSR count). The molecule has 0 unspecified atom stereocenters. The van der Waals surface area contributed by atoms with Crippen molar-refractivity contribution in [1.82, 2.24) is 4.57 Å². The molecular formula is C12H14ClNO3.